The first-order valence-electron chi connectivity index (χ1n) is 5.60. The lowest BCUT2D eigenvalue weighted by Gasteiger charge is -2.16. The van der Waals surface area contributed by atoms with Gasteiger partial charge in [-0.1, -0.05) is 6.92 Å². The molecule has 0 aromatic carbocycles. The molecule has 2 atom stereocenters. The van der Waals surface area contributed by atoms with Gasteiger partial charge < -0.3 is 15.0 Å². The molecule has 1 aliphatic carbocycles. The summed E-state index contributed by atoms with van der Waals surface area (Å²) >= 11 is 0. The molecule has 1 saturated carbocycles. The molecule has 15 heavy (non-hydrogen) atoms. The Labute approximate surface area is 92.0 Å². The lowest BCUT2D eigenvalue weighted by Crippen LogP contribution is -2.35. The van der Waals surface area contributed by atoms with Crippen molar-refractivity contribution >= 4 is 5.91 Å². The second kappa shape index (κ2) is 6.08. The van der Waals surface area contributed by atoms with Gasteiger partial charge in [0.1, 0.15) is 0 Å². The molecular weight excluding hydrogens is 192 g/mol. The largest absolute Gasteiger partial charge is 0.383 e. The Bertz CT molecular complexity index is 209. The summed E-state index contributed by atoms with van der Waals surface area (Å²) in [6.45, 7) is 5.39. The summed E-state index contributed by atoms with van der Waals surface area (Å²) in [6.07, 6.45) is 1.06. The van der Waals surface area contributed by atoms with Crippen molar-refractivity contribution in [3.05, 3.63) is 0 Å². The molecule has 1 fully saturated rings. The Morgan fingerprint density at radius 2 is 2.20 bits per heavy atom. The van der Waals surface area contributed by atoms with Crippen molar-refractivity contribution in [2.45, 2.75) is 13.3 Å². The number of amides is 1. The molecule has 0 radical (unpaired) electrons. The van der Waals surface area contributed by atoms with Crippen molar-refractivity contribution in [1.29, 1.82) is 0 Å². The van der Waals surface area contributed by atoms with Gasteiger partial charge in [-0.3, -0.25) is 4.79 Å². The molecule has 4 heteroatoms. The Balaban J connectivity index is 1.98. The predicted molar refractivity (Wildman–Crippen MR) is 59.7 cm³/mol. The molecule has 0 saturated heterocycles. The van der Waals surface area contributed by atoms with Crippen molar-refractivity contribution in [2.75, 3.05) is 40.4 Å². The van der Waals surface area contributed by atoms with Crippen LogP contribution in [0.5, 0.6) is 0 Å². The van der Waals surface area contributed by atoms with Crippen LogP contribution in [0.15, 0.2) is 0 Å². The molecule has 0 bridgehead atoms. The van der Waals surface area contributed by atoms with Crippen molar-refractivity contribution in [1.82, 2.24) is 10.2 Å². The third-order valence-corrected chi connectivity index (χ3v) is 2.92. The van der Waals surface area contributed by atoms with E-state index in [-0.39, 0.29) is 11.8 Å². The summed E-state index contributed by atoms with van der Waals surface area (Å²) in [6, 6.07) is 0. The highest BCUT2D eigenvalue weighted by Crippen LogP contribution is 2.37. The minimum absolute atomic E-state index is 0.225. The van der Waals surface area contributed by atoms with Gasteiger partial charge in [0.2, 0.25) is 5.91 Å². The van der Waals surface area contributed by atoms with Gasteiger partial charge in [0.25, 0.3) is 0 Å². The summed E-state index contributed by atoms with van der Waals surface area (Å²) in [5.74, 6) is 1.10. The van der Waals surface area contributed by atoms with Crippen molar-refractivity contribution in [3.8, 4) is 0 Å². The van der Waals surface area contributed by atoms with Gasteiger partial charge in [-0.2, -0.15) is 0 Å². The molecule has 88 valence electrons. The third-order valence-electron chi connectivity index (χ3n) is 2.92. The van der Waals surface area contributed by atoms with Crippen LogP contribution in [-0.2, 0) is 9.53 Å². The Morgan fingerprint density at radius 1 is 1.53 bits per heavy atom. The zero-order valence-electron chi connectivity index (χ0n) is 9.95. The van der Waals surface area contributed by atoms with E-state index in [1.165, 1.54) is 0 Å². The zero-order valence-corrected chi connectivity index (χ0v) is 9.95. The fraction of sp³-hybridized carbons (Fsp3) is 0.909. The molecule has 0 spiro atoms. The van der Waals surface area contributed by atoms with Crippen LogP contribution in [0, 0.1) is 11.8 Å². The number of methoxy groups -OCH3 is 1. The van der Waals surface area contributed by atoms with Crippen molar-refractivity contribution in [3.63, 3.8) is 0 Å². The van der Waals surface area contributed by atoms with Gasteiger partial charge in [0.15, 0.2) is 0 Å². The lowest BCUT2D eigenvalue weighted by atomic mass is 10.3. The van der Waals surface area contributed by atoms with Gasteiger partial charge in [0.05, 0.1) is 6.61 Å². The van der Waals surface area contributed by atoms with E-state index in [2.05, 4.69) is 17.1 Å². The quantitative estimate of drug-likeness (QED) is 0.664. The summed E-state index contributed by atoms with van der Waals surface area (Å²) < 4.78 is 4.97. The van der Waals surface area contributed by atoms with E-state index < -0.39 is 0 Å². The van der Waals surface area contributed by atoms with Crippen LogP contribution in [0.4, 0.5) is 0 Å². The first-order chi connectivity index (χ1) is 7.15. The Morgan fingerprint density at radius 3 is 2.73 bits per heavy atom. The summed E-state index contributed by atoms with van der Waals surface area (Å²) in [7, 11) is 3.73. The van der Waals surface area contributed by atoms with E-state index in [1.54, 1.807) is 7.11 Å². The van der Waals surface area contributed by atoms with Crippen molar-refractivity contribution in [2.24, 2.45) is 11.8 Å². The molecule has 1 N–H and O–H groups in total. The van der Waals surface area contributed by atoms with Gasteiger partial charge in [-0.05, 0) is 19.4 Å². The first-order valence-corrected chi connectivity index (χ1v) is 5.60. The first kappa shape index (κ1) is 12.5. The van der Waals surface area contributed by atoms with E-state index in [9.17, 15) is 4.79 Å². The zero-order chi connectivity index (χ0) is 11.3. The minimum Gasteiger partial charge on any atom is -0.383 e. The molecule has 4 nitrogen and oxygen atoms in total. The highest BCUT2D eigenvalue weighted by Gasteiger charge is 2.38. The monoisotopic (exact) mass is 214 g/mol. The topological polar surface area (TPSA) is 41.6 Å². The van der Waals surface area contributed by atoms with Crippen LogP contribution in [0.2, 0.25) is 0 Å². The fourth-order valence-electron chi connectivity index (χ4n) is 1.55. The van der Waals surface area contributed by atoms with Gasteiger partial charge in [-0.15, -0.1) is 0 Å². The number of hydrogen-bond acceptors (Lipinski definition) is 3. The Hall–Kier alpha value is -0.610. The molecule has 0 aromatic heterocycles. The molecule has 0 heterocycles. The summed E-state index contributed by atoms with van der Waals surface area (Å²) in [4.78, 5) is 13.6. The molecule has 0 unspecified atom stereocenters. The van der Waals surface area contributed by atoms with Crippen LogP contribution >= 0.6 is 0 Å². The van der Waals surface area contributed by atoms with Crippen LogP contribution < -0.4 is 5.32 Å². The number of rotatable bonds is 7. The van der Waals surface area contributed by atoms with Crippen LogP contribution in [-0.4, -0.2) is 51.2 Å². The average Bonchev–Trinajstić information content (AvgIpc) is 2.92. The maximum atomic E-state index is 11.5. The number of nitrogens with zero attached hydrogens (tertiary/aromatic N) is 1. The summed E-state index contributed by atoms with van der Waals surface area (Å²) in [5, 5.41) is 2.96. The SMILES string of the molecule is COCCN(C)CCNC(=O)[C@@H]1C[C@@H]1C. The second-order valence-electron chi connectivity index (χ2n) is 4.41. The molecule has 1 rings (SSSR count). The summed E-state index contributed by atoms with van der Waals surface area (Å²) in [5.41, 5.74) is 0. The van der Waals surface area contributed by atoms with E-state index in [1.807, 2.05) is 7.05 Å². The minimum atomic E-state index is 0.225. The van der Waals surface area contributed by atoms with Crippen molar-refractivity contribution < 1.29 is 9.53 Å². The number of likely N-dealkylation sites (N-methyl/N-ethyl adjacent to an activating group) is 1. The van der Waals surface area contributed by atoms with Gasteiger partial charge >= 0.3 is 0 Å². The highest BCUT2D eigenvalue weighted by molar-refractivity contribution is 5.81. The number of carbonyl (C=O) groups excluding carboxylic acids is 1. The molecule has 0 aromatic rings. The number of hydrogen-bond donors (Lipinski definition) is 1. The molecule has 1 aliphatic rings. The molecule has 1 amide bonds. The number of carbonyl (C=O) groups is 1. The highest BCUT2D eigenvalue weighted by atomic mass is 16.5. The second-order valence-corrected chi connectivity index (χ2v) is 4.41. The van der Waals surface area contributed by atoms with E-state index in [4.69, 9.17) is 4.74 Å². The smallest absolute Gasteiger partial charge is 0.223 e. The standard InChI is InChI=1S/C11H22N2O2/c1-9-8-10(9)11(14)12-4-5-13(2)6-7-15-3/h9-10H,4-8H2,1-3H3,(H,12,14)/t9-,10+/m0/s1. The predicted octanol–water partition coefficient (Wildman–Crippen LogP) is 0.337. The molecule has 0 aliphatic heterocycles. The van der Waals surface area contributed by atoms with E-state index in [0.29, 0.717) is 5.92 Å². The lowest BCUT2D eigenvalue weighted by molar-refractivity contribution is -0.122. The average molecular weight is 214 g/mol. The number of ether oxygens (including phenoxy) is 1. The number of nitrogens with one attached hydrogen (secondary N) is 1. The normalized spacial score (nSPS) is 24.3. The Kier molecular flexibility index (Phi) is 5.05. The van der Waals surface area contributed by atoms with E-state index in [0.717, 1.165) is 32.7 Å². The third kappa shape index (κ3) is 4.62. The maximum absolute atomic E-state index is 11.5. The van der Waals surface area contributed by atoms with Crippen LogP contribution in [0.1, 0.15) is 13.3 Å². The molecular formula is C11H22N2O2. The van der Waals surface area contributed by atoms with Crippen LogP contribution in [0.25, 0.3) is 0 Å². The van der Waals surface area contributed by atoms with E-state index >= 15 is 0 Å². The fourth-order valence-corrected chi connectivity index (χ4v) is 1.55. The van der Waals surface area contributed by atoms with Gasteiger partial charge in [-0.25, -0.2) is 0 Å². The maximum Gasteiger partial charge on any atom is 0.223 e. The van der Waals surface area contributed by atoms with Crippen LogP contribution in [0.3, 0.4) is 0 Å². The van der Waals surface area contributed by atoms with Gasteiger partial charge in [0, 0.05) is 32.7 Å².